The molecule has 2 aliphatic rings. The van der Waals surface area contributed by atoms with E-state index in [4.69, 9.17) is 24.0 Å². The van der Waals surface area contributed by atoms with Gasteiger partial charge < -0.3 is 33.8 Å². The lowest BCUT2D eigenvalue weighted by Gasteiger charge is -2.25. The van der Waals surface area contributed by atoms with E-state index < -0.39 is 42.3 Å². The van der Waals surface area contributed by atoms with Crippen molar-refractivity contribution in [3.05, 3.63) is 12.2 Å². The number of hydrogen-bond acceptors (Lipinski definition) is 12. The van der Waals surface area contributed by atoms with Crippen LogP contribution in [0.25, 0.3) is 0 Å². The van der Waals surface area contributed by atoms with Gasteiger partial charge in [0.1, 0.15) is 18.1 Å². The molecule has 19 heteroatoms. The Hall–Kier alpha value is 0.240. The van der Waals surface area contributed by atoms with E-state index in [1.165, 1.54) is 10.8 Å². The van der Waals surface area contributed by atoms with E-state index in [2.05, 4.69) is 25.3 Å². The summed E-state index contributed by atoms with van der Waals surface area (Å²) < 4.78 is 63.2. The van der Waals surface area contributed by atoms with Crippen LogP contribution in [0.15, 0.2) is 12.2 Å². The lowest BCUT2D eigenvalue weighted by atomic mass is 10.0. The van der Waals surface area contributed by atoms with Crippen LogP contribution in [0.5, 0.6) is 0 Å². The minimum absolute atomic E-state index is 0.0311. The van der Waals surface area contributed by atoms with Crippen LogP contribution in [0.3, 0.4) is 0 Å². The number of allylic oxidation sites excluding steroid dienone is 2. The monoisotopic (exact) mass is 672 g/mol. The smallest absolute Gasteiger partial charge is 0.462 e. The Kier molecular flexibility index (Phi) is 14.9. The van der Waals surface area contributed by atoms with Crippen molar-refractivity contribution in [1.82, 2.24) is 0 Å². The first-order valence-electron chi connectivity index (χ1n) is 12.7. The Morgan fingerprint density at radius 1 is 1.05 bits per heavy atom. The highest BCUT2D eigenvalue weighted by Gasteiger charge is 2.42. The number of phosphoric acid groups is 3. The Labute approximate surface area is 242 Å². The van der Waals surface area contributed by atoms with Crippen LogP contribution < -0.4 is 0 Å². The average Bonchev–Trinajstić information content (AvgIpc) is 3.13. The molecule has 0 amide bonds. The van der Waals surface area contributed by atoms with Gasteiger partial charge in [-0.05, 0) is 59.3 Å². The van der Waals surface area contributed by atoms with E-state index in [1.54, 1.807) is 17.7 Å². The van der Waals surface area contributed by atoms with Gasteiger partial charge in [-0.1, -0.05) is 33.7 Å². The summed E-state index contributed by atoms with van der Waals surface area (Å²) in [5.41, 5.74) is 0. The third kappa shape index (κ3) is 15.6. The molecule has 14 nitrogen and oxygen atoms in total. The molecule has 0 aromatic carbocycles. The molecule has 0 bridgehead atoms. The van der Waals surface area contributed by atoms with Gasteiger partial charge in [0.25, 0.3) is 0 Å². The zero-order chi connectivity index (χ0) is 30.0. The summed E-state index contributed by atoms with van der Waals surface area (Å²) in [5.74, 6) is 0.0427. The molecule has 234 valence electrons. The first-order valence-corrected chi connectivity index (χ1v) is 19.5. The summed E-state index contributed by atoms with van der Waals surface area (Å²) in [7, 11) is -13.4. The van der Waals surface area contributed by atoms with Crippen LogP contribution in [0.4, 0.5) is 0 Å². The zero-order valence-electron chi connectivity index (χ0n) is 22.6. The van der Waals surface area contributed by atoms with Gasteiger partial charge in [0.05, 0.1) is 18.8 Å². The number of carbonyl (C=O) groups excluding carboxylic acids is 1. The van der Waals surface area contributed by atoms with Crippen molar-refractivity contribution in [2.24, 2.45) is 0 Å². The molecule has 1 aliphatic carbocycles. The minimum atomic E-state index is -5.60. The number of rotatable bonds is 16. The predicted molar refractivity (Wildman–Crippen MR) is 149 cm³/mol. The van der Waals surface area contributed by atoms with Crippen LogP contribution in [0, 0.1) is 0 Å². The summed E-state index contributed by atoms with van der Waals surface area (Å²) in [6.45, 7) is 5.23. The highest BCUT2D eigenvalue weighted by Crippen LogP contribution is 2.66. The third-order valence-electron chi connectivity index (χ3n) is 5.77. The Balaban J connectivity index is 1.72. The van der Waals surface area contributed by atoms with Gasteiger partial charge in [-0.2, -0.15) is 8.62 Å². The lowest BCUT2D eigenvalue weighted by Crippen LogP contribution is -2.29. The molecule has 40 heavy (non-hydrogen) atoms. The van der Waals surface area contributed by atoms with E-state index in [0.717, 1.165) is 32.1 Å². The normalized spacial score (nSPS) is 28.2. The molecular weight excluding hydrogens is 633 g/mol. The van der Waals surface area contributed by atoms with E-state index in [9.17, 15) is 28.3 Å². The summed E-state index contributed by atoms with van der Waals surface area (Å²) in [6, 6.07) is 0. The van der Waals surface area contributed by atoms with Gasteiger partial charge in [0.2, 0.25) is 0 Å². The van der Waals surface area contributed by atoms with Crippen molar-refractivity contribution in [3.63, 3.8) is 0 Å². The van der Waals surface area contributed by atoms with Gasteiger partial charge >= 0.3 is 29.4 Å². The summed E-state index contributed by atoms with van der Waals surface area (Å²) in [4.78, 5) is 48.5. The minimum Gasteiger partial charge on any atom is -0.462 e. The molecule has 1 fully saturated rings. The molecule has 0 spiro atoms. The Bertz CT molecular complexity index is 990. The Morgan fingerprint density at radius 3 is 2.45 bits per heavy atom. The number of phosphoric ester groups is 1. The van der Waals surface area contributed by atoms with E-state index in [1.807, 2.05) is 13.8 Å². The lowest BCUT2D eigenvalue weighted by molar-refractivity contribution is -0.150. The van der Waals surface area contributed by atoms with E-state index in [0.29, 0.717) is 19.3 Å². The highest BCUT2D eigenvalue weighted by molar-refractivity contribution is 8.77. The fourth-order valence-corrected chi connectivity index (χ4v) is 9.28. The fraction of sp³-hybridized carbons (Fsp3) is 0.857. The molecule has 2 rings (SSSR count). The number of hydrogen-bond donors (Lipinski definition) is 4. The van der Waals surface area contributed by atoms with Crippen molar-refractivity contribution in [3.8, 4) is 0 Å². The summed E-state index contributed by atoms with van der Waals surface area (Å²) in [5, 5.41) is 0. The molecule has 0 saturated carbocycles. The van der Waals surface area contributed by atoms with Crippen molar-refractivity contribution in [2.45, 2.75) is 101 Å². The van der Waals surface area contributed by atoms with Crippen molar-refractivity contribution >= 4 is 51.0 Å². The molecular formula is C21H39O14P3S2. The number of ether oxygens (including phenoxy) is 3. The molecule has 4 N–H and O–H groups in total. The van der Waals surface area contributed by atoms with Crippen LogP contribution in [0.1, 0.15) is 72.1 Å². The van der Waals surface area contributed by atoms with Crippen LogP contribution in [0.2, 0.25) is 0 Å². The fourth-order valence-electron chi connectivity index (χ4n) is 3.95. The standard InChI is InChI=1S/C21H39O14P3S2/c1-16-13-18(19(32-16)14-31-37(26,27)35-38(28,29)34-36(23,24)25)30-15-39-40-21(2,3)12-11-20(22)33-17-9-7-5-4-6-8-10-17/h4-5,16-19H,6-15H2,1-3H3,(H,26,27)(H,28,29)(H2,23,24,25)/b5-4+/t16-,17?,18?,19+/m0/s1. The zero-order valence-corrected chi connectivity index (χ0v) is 26.9. The van der Waals surface area contributed by atoms with Crippen molar-refractivity contribution in [1.29, 1.82) is 0 Å². The van der Waals surface area contributed by atoms with Crippen LogP contribution in [-0.2, 0) is 45.8 Å². The van der Waals surface area contributed by atoms with Gasteiger partial charge in [-0.25, -0.2) is 13.7 Å². The summed E-state index contributed by atoms with van der Waals surface area (Å²) >= 11 is 0. The van der Waals surface area contributed by atoms with Crippen LogP contribution >= 0.6 is 45.1 Å². The van der Waals surface area contributed by atoms with E-state index in [-0.39, 0.29) is 28.9 Å². The molecule has 4 unspecified atom stereocenters. The largest absolute Gasteiger partial charge is 0.490 e. The second-order valence-corrected chi connectivity index (χ2v) is 17.4. The van der Waals surface area contributed by atoms with Gasteiger partial charge in [-0.15, -0.1) is 0 Å². The molecule has 1 heterocycles. The second kappa shape index (κ2) is 16.4. The highest BCUT2D eigenvalue weighted by atomic mass is 33.1. The number of esters is 1. The molecule has 1 saturated heterocycles. The molecule has 0 aromatic rings. The van der Waals surface area contributed by atoms with Gasteiger partial charge in [-0.3, -0.25) is 9.32 Å². The van der Waals surface area contributed by atoms with Crippen LogP contribution in [-0.4, -0.2) is 67.3 Å². The van der Waals surface area contributed by atoms with E-state index >= 15 is 0 Å². The molecule has 1 aliphatic heterocycles. The maximum atomic E-state index is 12.4. The second-order valence-electron chi connectivity index (χ2n) is 9.98. The third-order valence-corrected chi connectivity index (χ3v) is 12.6. The first kappa shape index (κ1) is 36.4. The first-order chi connectivity index (χ1) is 18.5. The molecule has 0 aromatic heterocycles. The van der Waals surface area contributed by atoms with Crippen molar-refractivity contribution < 1.29 is 65.4 Å². The van der Waals surface area contributed by atoms with Crippen molar-refractivity contribution in [2.75, 3.05) is 12.5 Å². The summed E-state index contributed by atoms with van der Waals surface area (Å²) in [6.07, 6.45) is 8.68. The SMILES string of the molecule is C[C@H]1CC(OCSSC(C)(C)CCC(=O)OC2CC/C=C/CCC2)[C@@H](COP(=O)(O)OP(=O)(O)OP(=O)(O)O)O1. The molecule has 0 radical (unpaired) electrons. The van der Waals surface area contributed by atoms with Gasteiger partial charge in [0.15, 0.2) is 0 Å². The quantitative estimate of drug-likeness (QED) is 0.0414. The predicted octanol–water partition coefficient (Wildman–Crippen LogP) is 5.22. The number of carbonyl (C=O) groups is 1. The maximum absolute atomic E-state index is 12.4. The average molecular weight is 673 g/mol. The topological polar surface area (TPSA) is 205 Å². The van der Waals surface area contributed by atoms with Gasteiger partial charge in [0, 0.05) is 17.6 Å². The Morgan fingerprint density at radius 2 is 1.75 bits per heavy atom. The maximum Gasteiger partial charge on any atom is 0.490 e. The molecule has 6 atom stereocenters.